The lowest BCUT2D eigenvalue weighted by molar-refractivity contribution is 0.0705. The van der Waals surface area contributed by atoms with E-state index in [4.69, 9.17) is 5.11 Å². The second kappa shape index (κ2) is 5.32. The standard InChI is InChI=1S/C14H19NO2/c1-2-3-11-4-5-12-6-7-15(8-9-16)14(17)13(12)10-11/h4-5,10,16H,2-3,6-9H2,1H3. The summed E-state index contributed by atoms with van der Waals surface area (Å²) >= 11 is 0. The third-order valence-corrected chi connectivity index (χ3v) is 3.25. The molecule has 1 amide bonds. The maximum Gasteiger partial charge on any atom is 0.254 e. The highest BCUT2D eigenvalue weighted by atomic mass is 16.3. The van der Waals surface area contributed by atoms with Crippen LogP contribution >= 0.6 is 0 Å². The smallest absolute Gasteiger partial charge is 0.254 e. The zero-order valence-electron chi connectivity index (χ0n) is 10.3. The molecule has 1 aliphatic rings. The highest BCUT2D eigenvalue weighted by molar-refractivity contribution is 5.97. The maximum atomic E-state index is 12.2. The van der Waals surface area contributed by atoms with E-state index in [1.54, 1.807) is 4.90 Å². The number of nitrogens with zero attached hydrogens (tertiary/aromatic N) is 1. The van der Waals surface area contributed by atoms with Gasteiger partial charge < -0.3 is 10.0 Å². The van der Waals surface area contributed by atoms with E-state index >= 15 is 0 Å². The van der Waals surface area contributed by atoms with Gasteiger partial charge in [0.25, 0.3) is 5.91 Å². The molecule has 17 heavy (non-hydrogen) atoms. The summed E-state index contributed by atoms with van der Waals surface area (Å²) in [5.41, 5.74) is 3.20. The molecule has 0 saturated carbocycles. The lowest BCUT2D eigenvalue weighted by Gasteiger charge is -2.28. The van der Waals surface area contributed by atoms with E-state index in [9.17, 15) is 4.79 Å². The van der Waals surface area contributed by atoms with Crippen LogP contribution in [0.25, 0.3) is 0 Å². The van der Waals surface area contributed by atoms with Gasteiger partial charge in [0, 0.05) is 18.7 Å². The Hall–Kier alpha value is -1.35. The Morgan fingerprint density at radius 3 is 2.94 bits per heavy atom. The summed E-state index contributed by atoms with van der Waals surface area (Å²) < 4.78 is 0. The molecule has 0 bridgehead atoms. The van der Waals surface area contributed by atoms with Crippen molar-refractivity contribution in [1.82, 2.24) is 4.90 Å². The van der Waals surface area contributed by atoms with E-state index in [0.717, 1.165) is 36.9 Å². The number of amides is 1. The van der Waals surface area contributed by atoms with E-state index in [-0.39, 0.29) is 12.5 Å². The first-order valence-electron chi connectivity index (χ1n) is 6.28. The minimum absolute atomic E-state index is 0.0374. The largest absolute Gasteiger partial charge is 0.395 e. The minimum atomic E-state index is 0.0374. The average molecular weight is 233 g/mol. The summed E-state index contributed by atoms with van der Waals surface area (Å²) in [5.74, 6) is 0.0678. The van der Waals surface area contributed by atoms with Crippen LogP contribution in [0.3, 0.4) is 0 Å². The van der Waals surface area contributed by atoms with E-state index in [1.165, 1.54) is 5.56 Å². The fraction of sp³-hybridized carbons (Fsp3) is 0.500. The van der Waals surface area contributed by atoms with Crippen molar-refractivity contribution in [2.24, 2.45) is 0 Å². The third kappa shape index (κ3) is 2.50. The lowest BCUT2D eigenvalue weighted by Crippen LogP contribution is -2.39. The number of aliphatic hydroxyl groups is 1. The fourth-order valence-electron chi connectivity index (χ4n) is 2.35. The summed E-state index contributed by atoms with van der Waals surface area (Å²) in [7, 11) is 0. The van der Waals surface area contributed by atoms with Gasteiger partial charge in [-0.1, -0.05) is 25.5 Å². The molecule has 1 aromatic rings. The predicted octanol–water partition coefficient (Wildman–Crippen LogP) is 1.63. The number of benzene rings is 1. The van der Waals surface area contributed by atoms with Gasteiger partial charge in [-0.2, -0.15) is 0 Å². The molecule has 1 aromatic carbocycles. The SMILES string of the molecule is CCCc1ccc2c(c1)C(=O)N(CCO)CC2. The zero-order valence-corrected chi connectivity index (χ0v) is 10.3. The van der Waals surface area contributed by atoms with Crippen LogP contribution in [0.4, 0.5) is 0 Å². The van der Waals surface area contributed by atoms with Crippen molar-refractivity contribution in [3.05, 3.63) is 34.9 Å². The molecule has 0 atom stereocenters. The molecule has 92 valence electrons. The molecule has 1 aliphatic heterocycles. The quantitative estimate of drug-likeness (QED) is 0.858. The number of hydrogen-bond donors (Lipinski definition) is 1. The lowest BCUT2D eigenvalue weighted by atomic mass is 9.95. The van der Waals surface area contributed by atoms with Crippen molar-refractivity contribution in [2.45, 2.75) is 26.2 Å². The van der Waals surface area contributed by atoms with Crippen LogP contribution in [-0.2, 0) is 12.8 Å². The number of aryl methyl sites for hydroxylation is 1. The Kier molecular flexibility index (Phi) is 3.79. The molecule has 0 aromatic heterocycles. The van der Waals surface area contributed by atoms with Crippen LogP contribution in [0.2, 0.25) is 0 Å². The second-order valence-corrected chi connectivity index (χ2v) is 4.51. The summed E-state index contributed by atoms with van der Waals surface area (Å²) in [5, 5.41) is 8.93. The first-order valence-corrected chi connectivity index (χ1v) is 6.28. The molecular formula is C14H19NO2. The molecule has 0 fully saturated rings. The monoisotopic (exact) mass is 233 g/mol. The molecule has 2 rings (SSSR count). The van der Waals surface area contributed by atoms with Crippen molar-refractivity contribution >= 4 is 5.91 Å². The van der Waals surface area contributed by atoms with Crippen LogP contribution < -0.4 is 0 Å². The second-order valence-electron chi connectivity index (χ2n) is 4.51. The van der Waals surface area contributed by atoms with E-state index in [2.05, 4.69) is 19.1 Å². The van der Waals surface area contributed by atoms with Gasteiger partial charge >= 0.3 is 0 Å². The average Bonchev–Trinajstić information content (AvgIpc) is 2.34. The number of carbonyl (C=O) groups is 1. The van der Waals surface area contributed by atoms with Gasteiger partial charge in [-0.3, -0.25) is 4.79 Å². The minimum Gasteiger partial charge on any atom is -0.395 e. The number of β-amino-alcohol motifs (C(OH)–C–C–N with tert-alkyl or cyclic N) is 1. The molecule has 0 aliphatic carbocycles. The Morgan fingerprint density at radius 2 is 2.24 bits per heavy atom. The number of carbonyl (C=O) groups excluding carboxylic acids is 1. The maximum absolute atomic E-state index is 12.2. The van der Waals surface area contributed by atoms with Crippen molar-refractivity contribution in [3.63, 3.8) is 0 Å². The molecule has 0 radical (unpaired) electrons. The van der Waals surface area contributed by atoms with Crippen molar-refractivity contribution < 1.29 is 9.90 Å². The van der Waals surface area contributed by atoms with E-state index < -0.39 is 0 Å². The number of hydrogen-bond acceptors (Lipinski definition) is 2. The van der Waals surface area contributed by atoms with Crippen molar-refractivity contribution in [3.8, 4) is 0 Å². The third-order valence-electron chi connectivity index (χ3n) is 3.25. The van der Waals surface area contributed by atoms with Crippen LogP contribution in [0.5, 0.6) is 0 Å². The molecule has 3 heteroatoms. The first-order chi connectivity index (χ1) is 8.26. The normalized spacial score (nSPS) is 14.9. The molecule has 0 spiro atoms. The molecule has 1 N–H and O–H groups in total. The first kappa shape index (κ1) is 12.1. The molecule has 1 heterocycles. The summed E-state index contributed by atoms with van der Waals surface area (Å²) in [6, 6.07) is 6.22. The Bertz CT molecular complexity index is 415. The predicted molar refractivity (Wildman–Crippen MR) is 67.1 cm³/mol. The van der Waals surface area contributed by atoms with Crippen LogP contribution in [0.1, 0.15) is 34.8 Å². The van der Waals surface area contributed by atoms with Gasteiger partial charge in [-0.25, -0.2) is 0 Å². The number of fused-ring (bicyclic) bond motifs is 1. The van der Waals surface area contributed by atoms with Gasteiger partial charge in [-0.05, 0) is 30.0 Å². The summed E-state index contributed by atoms with van der Waals surface area (Å²) in [4.78, 5) is 13.9. The molecular weight excluding hydrogens is 214 g/mol. The van der Waals surface area contributed by atoms with Gasteiger partial charge in [0.2, 0.25) is 0 Å². The highest BCUT2D eigenvalue weighted by Gasteiger charge is 2.23. The van der Waals surface area contributed by atoms with Gasteiger partial charge in [0.15, 0.2) is 0 Å². The Morgan fingerprint density at radius 1 is 1.41 bits per heavy atom. The van der Waals surface area contributed by atoms with Crippen LogP contribution in [-0.4, -0.2) is 35.6 Å². The number of rotatable bonds is 4. The Labute approximate surface area is 102 Å². The molecule has 3 nitrogen and oxygen atoms in total. The van der Waals surface area contributed by atoms with Gasteiger partial charge in [0.05, 0.1) is 6.61 Å². The van der Waals surface area contributed by atoms with Crippen LogP contribution in [0.15, 0.2) is 18.2 Å². The van der Waals surface area contributed by atoms with Crippen LogP contribution in [0, 0.1) is 0 Å². The topological polar surface area (TPSA) is 40.5 Å². The van der Waals surface area contributed by atoms with Crippen molar-refractivity contribution in [2.75, 3.05) is 19.7 Å². The van der Waals surface area contributed by atoms with E-state index in [1.807, 2.05) is 6.07 Å². The van der Waals surface area contributed by atoms with Gasteiger partial charge in [0.1, 0.15) is 0 Å². The number of aliphatic hydroxyl groups excluding tert-OH is 1. The molecule has 0 unspecified atom stereocenters. The summed E-state index contributed by atoms with van der Waals surface area (Å²) in [6.45, 7) is 3.34. The molecule has 0 saturated heterocycles. The fourth-order valence-corrected chi connectivity index (χ4v) is 2.35. The zero-order chi connectivity index (χ0) is 12.3. The Balaban J connectivity index is 2.26. The summed E-state index contributed by atoms with van der Waals surface area (Å²) in [6.07, 6.45) is 3.00. The van der Waals surface area contributed by atoms with Crippen molar-refractivity contribution in [1.29, 1.82) is 0 Å². The van der Waals surface area contributed by atoms with Gasteiger partial charge in [-0.15, -0.1) is 0 Å². The van der Waals surface area contributed by atoms with E-state index in [0.29, 0.717) is 6.54 Å². The highest BCUT2D eigenvalue weighted by Crippen LogP contribution is 2.20.